The molecule has 2 aromatic rings. The predicted octanol–water partition coefficient (Wildman–Crippen LogP) is 4.50. The lowest BCUT2D eigenvalue weighted by molar-refractivity contribution is 0.221. The Labute approximate surface area is 153 Å². The molecule has 5 nitrogen and oxygen atoms in total. The fraction of sp³-hybridized carbons (Fsp3) is 0.474. The van der Waals surface area contributed by atoms with Gasteiger partial charge in [0.15, 0.2) is 0 Å². The van der Waals surface area contributed by atoms with Crippen molar-refractivity contribution < 1.29 is 4.79 Å². The van der Waals surface area contributed by atoms with Gasteiger partial charge < -0.3 is 15.1 Å². The van der Waals surface area contributed by atoms with E-state index >= 15 is 0 Å². The lowest BCUT2D eigenvalue weighted by atomic mass is 10.2. The Balaban J connectivity index is 1.68. The maximum Gasteiger partial charge on any atom is 0.321 e. The number of nitrogens with one attached hydrogen (secondary N) is 1. The minimum Gasteiger partial charge on any atom is -0.370 e. The number of rotatable bonds is 4. The number of urea groups is 1. The zero-order valence-corrected chi connectivity index (χ0v) is 15.8. The first-order valence-corrected chi connectivity index (χ1v) is 9.72. The number of aryl methyl sites for hydroxylation is 1. The third-order valence-electron chi connectivity index (χ3n) is 4.50. The van der Waals surface area contributed by atoms with Crippen LogP contribution in [0.3, 0.4) is 0 Å². The lowest BCUT2D eigenvalue weighted by Gasteiger charge is -2.26. The van der Waals surface area contributed by atoms with Crippen LogP contribution >= 0.6 is 11.3 Å². The van der Waals surface area contributed by atoms with Crippen LogP contribution in [0.15, 0.2) is 30.5 Å². The predicted molar refractivity (Wildman–Crippen MR) is 104 cm³/mol. The molecule has 0 radical (unpaired) electrons. The highest BCUT2D eigenvalue weighted by molar-refractivity contribution is 7.11. The number of amides is 2. The monoisotopic (exact) mass is 358 g/mol. The van der Waals surface area contributed by atoms with Crippen molar-refractivity contribution >= 4 is 28.7 Å². The Morgan fingerprint density at radius 3 is 2.64 bits per heavy atom. The second kappa shape index (κ2) is 8.34. The van der Waals surface area contributed by atoms with Crippen molar-refractivity contribution in [3.8, 4) is 0 Å². The van der Waals surface area contributed by atoms with E-state index in [0.29, 0.717) is 6.54 Å². The molecule has 0 atom stereocenters. The Morgan fingerprint density at radius 1 is 1.24 bits per heavy atom. The van der Waals surface area contributed by atoms with Crippen molar-refractivity contribution in [2.24, 2.45) is 0 Å². The van der Waals surface area contributed by atoms with Gasteiger partial charge in [-0.15, -0.1) is 11.3 Å². The van der Waals surface area contributed by atoms with E-state index in [4.69, 9.17) is 0 Å². The van der Waals surface area contributed by atoms with Gasteiger partial charge >= 0.3 is 6.03 Å². The van der Waals surface area contributed by atoms with E-state index in [-0.39, 0.29) is 6.03 Å². The summed E-state index contributed by atoms with van der Waals surface area (Å²) in [6, 6.07) is 8.02. The van der Waals surface area contributed by atoms with Crippen molar-refractivity contribution in [1.29, 1.82) is 0 Å². The molecule has 6 heteroatoms. The maximum absolute atomic E-state index is 12.6. The smallest absolute Gasteiger partial charge is 0.321 e. The molecule has 0 spiro atoms. The first-order chi connectivity index (χ1) is 12.1. The number of hydrogen-bond acceptors (Lipinski definition) is 4. The fourth-order valence-corrected chi connectivity index (χ4v) is 4.01. The molecule has 0 saturated carbocycles. The van der Waals surface area contributed by atoms with Gasteiger partial charge in [-0.25, -0.2) is 9.78 Å². The quantitative estimate of drug-likeness (QED) is 0.876. The highest BCUT2D eigenvalue weighted by atomic mass is 32.1. The third-order valence-corrected chi connectivity index (χ3v) is 5.40. The molecule has 1 aliphatic heterocycles. The van der Waals surface area contributed by atoms with E-state index < -0.39 is 0 Å². The number of carbonyl (C=O) groups excluding carboxylic acids is 1. The molecule has 1 saturated heterocycles. The van der Waals surface area contributed by atoms with E-state index in [1.165, 1.54) is 25.7 Å². The van der Waals surface area contributed by atoms with Crippen LogP contribution in [0, 0.1) is 6.92 Å². The molecule has 0 bridgehead atoms. The number of aromatic nitrogens is 1. The number of carbonyl (C=O) groups is 1. The van der Waals surface area contributed by atoms with Crippen LogP contribution < -0.4 is 10.2 Å². The number of hydrogen-bond donors (Lipinski definition) is 1. The SMILES string of the molecule is Cc1ncc(CN(C)C(=O)Nc2ccccc2N2CCCCCC2)s1. The fourth-order valence-electron chi connectivity index (χ4n) is 3.16. The summed E-state index contributed by atoms with van der Waals surface area (Å²) < 4.78 is 0. The number of anilines is 2. The summed E-state index contributed by atoms with van der Waals surface area (Å²) >= 11 is 1.63. The average molecular weight is 359 g/mol. The van der Waals surface area contributed by atoms with Crippen LogP contribution in [0.5, 0.6) is 0 Å². The number of thiazole rings is 1. The van der Waals surface area contributed by atoms with Crippen molar-refractivity contribution in [3.05, 3.63) is 40.3 Å². The largest absolute Gasteiger partial charge is 0.370 e. The summed E-state index contributed by atoms with van der Waals surface area (Å²) in [5.41, 5.74) is 2.02. The Bertz CT molecular complexity index is 707. The van der Waals surface area contributed by atoms with E-state index in [1.54, 1.807) is 16.2 Å². The summed E-state index contributed by atoms with van der Waals surface area (Å²) in [5.74, 6) is 0. The molecule has 2 heterocycles. The van der Waals surface area contributed by atoms with Gasteiger partial charge in [0.25, 0.3) is 0 Å². The van der Waals surface area contributed by atoms with Crippen LogP contribution in [-0.2, 0) is 6.54 Å². The van der Waals surface area contributed by atoms with Gasteiger partial charge in [-0.1, -0.05) is 25.0 Å². The highest BCUT2D eigenvalue weighted by Gasteiger charge is 2.16. The van der Waals surface area contributed by atoms with Crippen molar-refractivity contribution in [2.75, 3.05) is 30.4 Å². The van der Waals surface area contributed by atoms with Crippen molar-refractivity contribution in [3.63, 3.8) is 0 Å². The summed E-state index contributed by atoms with van der Waals surface area (Å²) in [4.78, 5) is 22.0. The molecular formula is C19H26N4OS. The summed E-state index contributed by atoms with van der Waals surface area (Å²) in [6.45, 7) is 4.67. The molecule has 3 rings (SSSR count). The van der Waals surface area contributed by atoms with Crippen LogP contribution in [0.2, 0.25) is 0 Å². The van der Waals surface area contributed by atoms with Gasteiger partial charge in [0, 0.05) is 31.2 Å². The van der Waals surface area contributed by atoms with Gasteiger partial charge in [0.2, 0.25) is 0 Å². The second-order valence-electron chi connectivity index (χ2n) is 6.55. The zero-order valence-electron chi connectivity index (χ0n) is 15.0. The van der Waals surface area contributed by atoms with Gasteiger partial charge in [-0.05, 0) is 31.9 Å². The maximum atomic E-state index is 12.6. The first-order valence-electron chi connectivity index (χ1n) is 8.91. The average Bonchev–Trinajstić information content (AvgIpc) is 2.85. The molecule has 134 valence electrons. The first kappa shape index (κ1) is 17.7. The lowest BCUT2D eigenvalue weighted by Crippen LogP contribution is -2.32. The normalized spacial score (nSPS) is 14.9. The molecule has 1 N–H and O–H groups in total. The Morgan fingerprint density at radius 2 is 1.96 bits per heavy atom. The van der Waals surface area contributed by atoms with Gasteiger partial charge in [-0.2, -0.15) is 0 Å². The zero-order chi connectivity index (χ0) is 17.6. The van der Waals surface area contributed by atoms with Crippen LogP contribution in [0.25, 0.3) is 0 Å². The van der Waals surface area contributed by atoms with Crippen LogP contribution in [0.1, 0.15) is 35.6 Å². The molecule has 2 amide bonds. The third kappa shape index (κ3) is 4.72. The molecule has 1 fully saturated rings. The Hall–Kier alpha value is -2.08. The van der Waals surface area contributed by atoms with Gasteiger partial charge in [0.05, 0.1) is 22.9 Å². The van der Waals surface area contributed by atoms with E-state index in [2.05, 4.69) is 21.3 Å². The number of nitrogens with zero attached hydrogens (tertiary/aromatic N) is 3. The van der Waals surface area contributed by atoms with E-state index in [1.807, 2.05) is 38.4 Å². The minimum atomic E-state index is -0.0895. The molecule has 0 unspecified atom stereocenters. The molecule has 1 aromatic carbocycles. The standard InChI is InChI=1S/C19H26N4OS/c1-15-20-13-16(25-15)14-22(2)19(24)21-17-9-5-6-10-18(17)23-11-7-3-4-8-12-23/h5-6,9-10,13H,3-4,7-8,11-12,14H2,1-2H3,(H,21,24). The summed E-state index contributed by atoms with van der Waals surface area (Å²) in [5, 5.41) is 4.11. The van der Waals surface area contributed by atoms with E-state index in [9.17, 15) is 4.79 Å². The molecule has 1 aromatic heterocycles. The topological polar surface area (TPSA) is 48.5 Å². The van der Waals surface area contributed by atoms with Crippen LogP contribution in [0.4, 0.5) is 16.2 Å². The Kier molecular flexibility index (Phi) is 5.91. The van der Waals surface area contributed by atoms with Crippen molar-refractivity contribution in [1.82, 2.24) is 9.88 Å². The second-order valence-corrected chi connectivity index (χ2v) is 7.87. The summed E-state index contributed by atoms with van der Waals surface area (Å²) in [6.07, 6.45) is 6.86. The van der Waals surface area contributed by atoms with Crippen LogP contribution in [-0.4, -0.2) is 36.1 Å². The molecule has 25 heavy (non-hydrogen) atoms. The van der Waals surface area contributed by atoms with Crippen molar-refractivity contribution in [2.45, 2.75) is 39.2 Å². The van der Waals surface area contributed by atoms with Gasteiger partial charge in [0.1, 0.15) is 0 Å². The molecular weight excluding hydrogens is 332 g/mol. The highest BCUT2D eigenvalue weighted by Crippen LogP contribution is 2.28. The minimum absolute atomic E-state index is 0.0895. The van der Waals surface area contributed by atoms with E-state index in [0.717, 1.165) is 34.3 Å². The molecule has 1 aliphatic rings. The van der Waals surface area contributed by atoms with Gasteiger partial charge in [-0.3, -0.25) is 0 Å². The summed E-state index contributed by atoms with van der Waals surface area (Å²) in [7, 11) is 1.82. The number of benzene rings is 1. The molecule has 0 aliphatic carbocycles. The number of para-hydroxylation sites is 2.